The standard InChI is InChI=1S/C23H14BrF3N2O2/c24-15-7-5-6-14(12-15)20-13-28-22(31-20)17-9-2-1-8-16(17)21(30)29-19-11-4-3-10-18(19)23(25,26)27/h1-13H,(H,29,30). The van der Waals surface area contributed by atoms with Crippen molar-refractivity contribution in [2.75, 3.05) is 5.32 Å². The average Bonchev–Trinajstić information content (AvgIpc) is 3.23. The quantitative estimate of drug-likeness (QED) is 0.336. The van der Waals surface area contributed by atoms with Crippen molar-refractivity contribution in [2.45, 2.75) is 6.18 Å². The fourth-order valence-corrected chi connectivity index (χ4v) is 3.47. The van der Waals surface area contributed by atoms with E-state index in [0.29, 0.717) is 11.3 Å². The molecule has 31 heavy (non-hydrogen) atoms. The predicted octanol–water partition coefficient (Wildman–Crippen LogP) is 7.04. The van der Waals surface area contributed by atoms with E-state index in [-0.39, 0.29) is 17.1 Å². The van der Waals surface area contributed by atoms with Crippen molar-refractivity contribution in [3.63, 3.8) is 0 Å². The summed E-state index contributed by atoms with van der Waals surface area (Å²) in [7, 11) is 0. The first-order valence-corrected chi connectivity index (χ1v) is 9.91. The number of hydrogen-bond donors (Lipinski definition) is 1. The highest BCUT2D eigenvalue weighted by Crippen LogP contribution is 2.35. The monoisotopic (exact) mass is 486 g/mol. The molecule has 4 aromatic rings. The lowest BCUT2D eigenvalue weighted by Crippen LogP contribution is -2.17. The van der Waals surface area contributed by atoms with Crippen molar-refractivity contribution in [1.82, 2.24) is 4.98 Å². The summed E-state index contributed by atoms with van der Waals surface area (Å²) >= 11 is 3.40. The van der Waals surface area contributed by atoms with E-state index in [0.717, 1.165) is 16.1 Å². The van der Waals surface area contributed by atoms with Gasteiger partial charge in [-0.15, -0.1) is 0 Å². The fraction of sp³-hybridized carbons (Fsp3) is 0.0435. The molecule has 0 aliphatic carbocycles. The first kappa shape index (κ1) is 20.9. The number of hydrogen-bond acceptors (Lipinski definition) is 3. The van der Waals surface area contributed by atoms with Gasteiger partial charge in [0.1, 0.15) is 0 Å². The van der Waals surface area contributed by atoms with Crippen LogP contribution in [0, 0.1) is 0 Å². The maximum absolute atomic E-state index is 13.3. The summed E-state index contributed by atoms with van der Waals surface area (Å²) in [6.45, 7) is 0. The Balaban J connectivity index is 1.67. The van der Waals surface area contributed by atoms with Crippen LogP contribution in [0.5, 0.6) is 0 Å². The summed E-state index contributed by atoms with van der Waals surface area (Å²) in [6.07, 6.45) is -3.06. The van der Waals surface area contributed by atoms with E-state index in [2.05, 4.69) is 26.2 Å². The molecule has 0 aliphatic rings. The first-order chi connectivity index (χ1) is 14.8. The predicted molar refractivity (Wildman–Crippen MR) is 114 cm³/mol. The number of alkyl halides is 3. The third-order valence-corrected chi connectivity index (χ3v) is 4.99. The number of amides is 1. The van der Waals surface area contributed by atoms with E-state index in [1.165, 1.54) is 30.5 Å². The number of nitrogens with zero attached hydrogens (tertiary/aromatic N) is 1. The molecule has 0 saturated carbocycles. The van der Waals surface area contributed by atoms with Gasteiger partial charge in [0, 0.05) is 15.6 Å². The lowest BCUT2D eigenvalue weighted by atomic mass is 10.1. The van der Waals surface area contributed by atoms with Gasteiger partial charge in [0.25, 0.3) is 5.91 Å². The molecule has 0 aliphatic heterocycles. The van der Waals surface area contributed by atoms with Crippen LogP contribution in [0.4, 0.5) is 18.9 Å². The number of halogens is 4. The van der Waals surface area contributed by atoms with Crippen molar-refractivity contribution in [3.8, 4) is 22.8 Å². The number of rotatable bonds is 4. The second kappa shape index (κ2) is 8.39. The highest BCUT2D eigenvalue weighted by atomic mass is 79.9. The second-order valence-electron chi connectivity index (χ2n) is 6.58. The number of para-hydroxylation sites is 1. The van der Waals surface area contributed by atoms with Crippen LogP contribution in [0.2, 0.25) is 0 Å². The maximum atomic E-state index is 13.3. The van der Waals surface area contributed by atoms with Crippen LogP contribution >= 0.6 is 15.9 Å². The molecule has 0 atom stereocenters. The van der Waals surface area contributed by atoms with E-state index >= 15 is 0 Å². The second-order valence-corrected chi connectivity index (χ2v) is 7.50. The van der Waals surface area contributed by atoms with Gasteiger partial charge in [-0.3, -0.25) is 4.79 Å². The lowest BCUT2D eigenvalue weighted by molar-refractivity contribution is -0.136. The molecule has 0 spiro atoms. The third-order valence-electron chi connectivity index (χ3n) is 4.50. The molecule has 156 valence electrons. The van der Waals surface area contributed by atoms with Crippen molar-refractivity contribution in [1.29, 1.82) is 0 Å². The summed E-state index contributed by atoms with van der Waals surface area (Å²) in [5.74, 6) is -0.0201. The Bertz CT molecular complexity index is 1250. The topological polar surface area (TPSA) is 55.1 Å². The molecule has 1 heterocycles. The van der Waals surface area contributed by atoms with E-state index in [1.54, 1.807) is 18.2 Å². The van der Waals surface area contributed by atoms with Gasteiger partial charge in [0.05, 0.1) is 23.0 Å². The van der Waals surface area contributed by atoms with Crippen molar-refractivity contribution in [3.05, 3.63) is 94.6 Å². The van der Waals surface area contributed by atoms with Gasteiger partial charge in [-0.1, -0.05) is 52.3 Å². The summed E-state index contributed by atoms with van der Waals surface area (Å²) in [5.41, 5.74) is 0.0490. The van der Waals surface area contributed by atoms with Crippen LogP contribution in [0.15, 0.2) is 87.9 Å². The number of anilines is 1. The number of nitrogens with one attached hydrogen (secondary N) is 1. The van der Waals surface area contributed by atoms with Gasteiger partial charge >= 0.3 is 6.18 Å². The Labute approximate surface area is 183 Å². The average molecular weight is 487 g/mol. The Kier molecular flexibility index (Phi) is 5.65. The van der Waals surface area contributed by atoms with Gasteiger partial charge in [0.2, 0.25) is 5.89 Å². The molecular formula is C23H14BrF3N2O2. The van der Waals surface area contributed by atoms with Crippen LogP contribution in [-0.2, 0) is 6.18 Å². The molecule has 4 rings (SSSR count). The van der Waals surface area contributed by atoms with Crippen molar-refractivity contribution < 1.29 is 22.4 Å². The normalized spacial score (nSPS) is 11.4. The van der Waals surface area contributed by atoms with E-state index in [9.17, 15) is 18.0 Å². The number of carbonyl (C=O) groups excluding carboxylic acids is 1. The van der Waals surface area contributed by atoms with E-state index in [1.807, 2.05) is 24.3 Å². The molecule has 8 heteroatoms. The minimum Gasteiger partial charge on any atom is -0.436 e. The largest absolute Gasteiger partial charge is 0.436 e. The maximum Gasteiger partial charge on any atom is 0.418 e. The van der Waals surface area contributed by atoms with Gasteiger partial charge < -0.3 is 9.73 Å². The molecule has 3 aromatic carbocycles. The zero-order valence-corrected chi connectivity index (χ0v) is 17.4. The van der Waals surface area contributed by atoms with Crippen LogP contribution in [0.3, 0.4) is 0 Å². The highest BCUT2D eigenvalue weighted by molar-refractivity contribution is 9.10. The Morgan fingerprint density at radius 3 is 2.48 bits per heavy atom. The lowest BCUT2D eigenvalue weighted by Gasteiger charge is -2.14. The van der Waals surface area contributed by atoms with Gasteiger partial charge in [0.15, 0.2) is 5.76 Å². The summed E-state index contributed by atoms with van der Waals surface area (Å²) in [5, 5.41) is 2.35. The molecular weight excluding hydrogens is 473 g/mol. The number of carbonyl (C=O) groups is 1. The molecule has 0 radical (unpaired) electrons. The third kappa shape index (κ3) is 4.54. The van der Waals surface area contributed by atoms with E-state index < -0.39 is 17.6 Å². The SMILES string of the molecule is O=C(Nc1ccccc1C(F)(F)F)c1ccccc1-c1ncc(-c2cccc(Br)c2)o1. The molecule has 4 nitrogen and oxygen atoms in total. The van der Waals surface area contributed by atoms with Crippen LogP contribution < -0.4 is 5.32 Å². The van der Waals surface area contributed by atoms with Crippen LogP contribution in [-0.4, -0.2) is 10.9 Å². The number of benzene rings is 3. The molecule has 1 N–H and O–H groups in total. The molecule has 0 unspecified atom stereocenters. The van der Waals surface area contributed by atoms with Crippen LogP contribution in [0.1, 0.15) is 15.9 Å². The first-order valence-electron chi connectivity index (χ1n) is 9.11. The number of oxazole rings is 1. The van der Waals surface area contributed by atoms with Crippen molar-refractivity contribution >= 4 is 27.5 Å². The summed E-state index contributed by atoms with van der Waals surface area (Å²) < 4.78 is 46.5. The number of aromatic nitrogens is 1. The minimum absolute atomic E-state index is 0.141. The summed E-state index contributed by atoms with van der Waals surface area (Å²) in [6, 6.07) is 18.7. The molecule has 0 fully saturated rings. The molecule has 0 saturated heterocycles. The molecule has 1 aromatic heterocycles. The van der Waals surface area contributed by atoms with E-state index in [4.69, 9.17) is 4.42 Å². The van der Waals surface area contributed by atoms with Gasteiger partial charge in [-0.25, -0.2) is 4.98 Å². The van der Waals surface area contributed by atoms with Gasteiger partial charge in [-0.2, -0.15) is 13.2 Å². The zero-order valence-electron chi connectivity index (χ0n) is 15.8. The smallest absolute Gasteiger partial charge is 0.418 e. The fourth-order valence-electron chi connectivity index (χ4n) is 3.07. The Morgan fingerprint density at radius 1 is 0.968 bits per heavy atom. The van der Waals surface area contributed by atoms with Crippen LogP contribution in [0.25, 0.3) is 22.8 Å². The van der Waals surface area contributed by atoms with Crippen molar-refractivity contribution in [2.24, 2.45) is 0 Å². The Hall–Kier alpha value is -3.39. The minimum atomic E-state index is -4.59. The van der Waals surface area contributed by atoms with Gasteiger partial charge in [-0.05, 0) is 36.4 Å². The molecule has 1 amide bonds. The summed E-state index contributed by atoms with van der Waals surface area (Å²) in [4.78, 5) is 17.1. The zero-order chi connectivity index (χ0) is 22.0. The Morgan fingerprint density at radius 2 is 1.71 bits per heavy atom. The highest BCUT2D eigenvalue weighted by Gasteiger charge is 2.33. The molecule has 0 bridgehead atoms.